The first-order valence-electron chi connectivity index (χ1n) is 4.97. The van der Waals surface area contributed by atoms with Gasteiger partial charge in [0.25, 0.3) is 0 Å². The Morgan fingerprint density at radius 1 is 1.14 bits per heavy atom. The van der Waals surface area contributed by atoms with E-state index in [1.54, 1.807) is 4.90 Å². The van der Waals surface area contributed by atoms with Gasteiger partial charge in [0.1, 0.15) is 0 Å². The van der Waals surface area contributed by atoms with Gasteiger partial charge in [0.15, 0.2) is 0 Å². The molecule has 5 heteroatoms. The molecule has 0 aromatic carbocycles. The van der Waals surface area contributed by atoms with Crippen molar-refractivity contribution >= 4 is 0 Å². The Hall–Kier alpha value is -0.290. The van der Waals surface area contributed by atoms with Crippen molar-refractivity contribution in [2.75, 3.05) is 26.7 Å². The fraction of sp³-hybridized carbons (Fsp3) is 1.00. The van der Waals surface area contributed by atoms with E-state index in [2.05, 4.69) is 4.90 Å². The minimum atomic E-state index is -4.04. The lowest BCUT2D eigenvalue weighted by Crippen LogP contribution is -2.54. The van der Waals surface area contributed by atoms with Gasteiger partial charge in [0.2, 0.25) is 0 Å². The number of likely N-dealkylation sites (N-methyl/N-ethyl adjacent to an activating group) is 1. The van der Waals surface area contributed by atoms with Gasteiger partial charge in [-0.3, -0.25) is 4.90 Å². The fourth-order valence-corrected chi connectivity index (χ4v) is 2.67. The summed E-state index contributed by atoms with van der Waals surface area (Å²) in [5.41, 5.74) is 0. The number of hydrogen-bond acceptors (Lipinski definition) is 2. The third kappa shape index (κ3) is 2.03. The molecule has 0 aromatic heterocycles. The van der Waals surface area contributed by atoms with E-state index in [0.29, 0.717) is 0 Å². The molecule has 2 fully saturated rings. The molecule has 0 amide bonds. The molecule has 2 aliphatic heterocycles. The van der Waals surface area contributed by atoms with Crippen LogP contribution in [0, 0.1) is 0 Å². The molecule has 0 aliphatic carbocycles. The highest BCUT2D eigenvalue weighted by Crippen LogP contribution is 2.32. The number of fused-ring (bicyclic) bond motifs is 2. The summed E-state index contributed by atoms with van der Waals surface area (Å²) in [6, 6.07) is 0.251. The van der Waals surface area contributed by atoms with E-state index in [1.807, 2.05) is 7.05 Å². The molecule has 2 aliphatic rings. The van der Waals surface area contributed by atoms with Crippen LogP contribution in [0.1, 0.15) is 12.8 Å². The second-order valence-corrected chi connectivity index (χ2v) is 4.39. The Labute approximate surface area is 81.7 Å². The van der Waals surface area contributed by atoms with Crippen LogP contribution in [0.4, 0.5) is 13.2 Å². The lowest BCUT2D eigenvalue weighted by Gasteiger charge is -2.39. The van der Waals surface area contributed by atoms with Crippen LogP contribution < -0.4 is 0 Å². The number of rotatable bonds is 1. The first kappa shape index (κ1) is 10.2. The van der Waals surface area contributed by atoms with E-state index in [4.69, 9.17) is 0 Å². The maximum Gasteiger partial charge on any atom is 0.401 e. The van der Waals surface area contributed by atoms with Gasteiger partial charge in [-0.25, -0.2) is 0 Å². The van der Waals surface area contributed by atoms with Gasteiger partial charge < -0.3 is 4.90 Å². The monoisotopic (exact) mass is 208 g/mol. The molecular formula is C9H15F3N2. The Morgan fingerprint density at radius 2 is 1.64 bits per heavy atom. The molecule has 2 unspecified atom stereocenters. The molecule has 82 valence electrons. The Kier molecular flexibility index (Phi) is 2.47. The zero-order valence-electron chi connectivity index (χ0n) is 8.22. The minimum absolute atomic E-state index is 0.125. The second-order valence-electron chi connectivity index (χ2n) is 4.39. The highest BCUT2D eigenvalue weighted by molar-refractivity contribution is 4.95. The average molecular weight is 208 g/mol. The van der Waals surface area contributed by atoms with Crippen LogP contribution in [0.2, 0.25) is 0 Å². The summed E-state index contributed by atoms with van der Waals surface area (Å²) in [6.45, 7) is 0.843. The summed E-state index contributed by atoms with van der Waals surface area (Å²) in [4.78, 5) is 3.77. The number of likely N-dealkylation sites (tertiary alicyclic amines) is 1. The van der Waals surface area contributed by atoms with Gasteiger partial charge in [-0.2, -0.15) is 13.2 Å². The third-order valence-corrected chi connectivity index (χ3v) is 3.18. The smallest absolute Gasteiger partial charge is 0.303 e. The largest absolute Gasteiger partial charge is 0.401 e. The Morgan fingerprint density at radius 3 is 2.07 bits per heavy atom. The van der Waals surface area contributed by atoms with Crippen molar-refractivity contribution in [3.8, 4) is 0 Å². The molecule has 0 aromatic rings. The normalized spacial score (nSPS) is 35.1. The molecule has 2 bridgehead atoms. The topological polar surface area (TPSA) is 6.48 Å². The lowest BCUT2D eigenvalue weighted by atomic mass is 10.2. The Bertz CT molecular complexity index is 203. The summed E-state index contributed by atoms with van der Waals surface area (Å²) >= 11 is 0. The van der Waals surface area contributed by atoms with Crippen molar-refractivity contribution < 1.29 is 13.2 Å². The highest BCUT2D eigenvalue weighted by Gasteiger charge is 2.43. The molecular weight excluding hydrogens is 193 g/mol. The number of piperazine rings is 1. The average Bonchev–Trinajstić information content (AvgIpc) is 2.31. The summed E-state index contributed by atoms with van der Waals surface area (Å²) < 4.78 is 36.8. The first-order chi connectivity index (χ1) is 6.46. The van der Waals surface area contributed by atoms with E-state index in [1.165, 1.54) is 0 Å². The van der Waals surface area contributed by atoms with Crippen LogP contribution in [0.5, 0.6) is 0 Å². The zero-order chi connectivity index (χ0) is 10.3. The molecule has 2 nitrogen and oxygen atoms in total. The van der Waals surface area contributed by atoms with Crippen LogP contribution >= 0.6 is 0 Å². The van der Waals surface area contributed by atoms with Crippen LogP contribution in [0.3, 0.4) is 0 Å². The summed E-state index contributed by atoms with van der Waals surface area (Å²) in [5.74, 6) is 0. The third-order valence-electron chi connectivity index (χ3n) is 3.18. The van der Waals surface area contributed by atoms with E-state index in [-0.39, 0.29) is 12.1 Å². The summed E-state index contributed by atoms with van der Waals surface area (Å²) in [7, 11) is 1.98. The maximum atomic E-state index is 12.3. The van der Waals surface area contributed by atoms with Crippen LogP contribution in [-0.2, 0) is 0 Å². The molecule has 0 saturated carbocycles. The predicted octanol–water partition coefficient (Wildman–Crippen LogP) is 1.33. The van der Waals surface area contributed by atoms with Crippen molar-refractivity contribution in [1.29, 1.82) is 0 Å². The van der Waals surface area contributed by atoms with Gasteiger partial charge in [-0.05, 0) is 19.9 Å². The predicted molar refractivity (Wildman–Crippen MR) is 47.1 cm³/mol. The van der Waals surface area contributed by atoms with Gasteiger partial charge in [-0.15, -0.1) is 0 Å². The van der Waals surface area contributed by atoms with E-state index < -0.39 is 12.7 Å². The minimum Gasteiger partial charge on any atom is -0.303 e. The molecule has 2 rings (SSSR count). The molecule has 2 saturated heterocycles. The van der Waals surface area contributed by atoms with Gasteiger partial charge in [0, 0.05) is 25.2 Å². The van der Waals surface area contributed by atoms with Crippen LogP contribution in [0.25, 0.3) is 0 Å². The van der Waals surface area contributed by atoms with Crippen LogP contribution in [-0.4, -0.2) is 54.7 Å². The maximum absolute atomic E-state index is 12.3. The van der Waals surface area contributed by atoms with Gasteiger partial charge in [0.05, 0.1) is 6.54 Å². The number of hydrogen-bond donors (Lipinski definition) is 0. The Balaban J connectivity index is 2.01. The molecule has 2 heterocycles. The summed E-state index contributed by atoms with van der Waals surface area (Å²) in [5, 5.41) is 0. The molecule has 0 spiro atoms. The fourth-order valence-electron chi connectivity index (χ4n) is 2.67. The van der Waals surface area contributed by atoms with Gasteiger partial charge >= 0.3 is 6.18 Å². The zero-order valence-corrected chi connectivity index (χ0v) is 8.22. The van der Waals surface area contributed by atoms with Crippen molar-refractivity contribution in [3.05, 3.63) is 0 Å². The van der Waals surface area contributed by atoms with E-state index in [9.17, 15) is 13.2 Å². The highest BCUT2D eigenvalue weighted by atomic mass is 19.4. The standard InChI is InChI=1S/C9H15F3N2/c1-13-4-7-2-3-8(5-13)14(7)6-9(10,11)12/h7-8H,2-6H2,1H3. The molecule has 0 radical (unpaired) electrons. The first-order valence-corrected chi connectivity index (χ1v) is 4.97. The lowest BCUT2D eigenvalue weighted by molar-refractivity contribution is -0.157. The molecule has 0 N–H and O–H groups in total. The van der Waals surface area contributed by atoms with Crippen molar-refractivity contribution in [3.63, 3.8) is 0 Å². The van der Waals surface area contributed by atoms with Crippen LogP contribution in [0.15, 0.2) is 0 Å². The van der Waals surface area contributed by atoms with Crippen molar-refractivity contribution in [2.45, 2.75) is 31.1 Å². The number of halogens is 3. The second kappa shape index (κ2) is 3.38. The van der Waals surface area contributed by atoms with E-state index >= 15 is 0 Å². The molecule has 14 heavy (non-hydrogen) atoms. The van der Waals surface area contributed by atoms with Crippen molar-refractivity contribution in [2.24, 2.45) is 0 Å². The SMILES string of the molecule is CN1CC2CCC(C1)N2CC(F)(F)F. The molecule has 2 atom stereocenters. The van der Waals surface area contributed by atoms with Crippen molar-refractivity contribution in [1.82, 2.24) is 9.80 Å². The van der Waals surface area contributed by atoms with Gasteiger partial charge in [-0.1, -0.05) is 0 Å². The number of nitrogens with zero attached hydrogens (tertiary/aromatic N) is 2. The number of alkyl halides is 3. The quantitative estimate of drug-likeness (QED) is 0.641. The van der Waals surface area contributed by atoms with E-state index in [0.717, 1.165) is 25.9 Å². The summed E-state index contributed by atoms with van der Waals surface area (Å²) in [6.07, 6.45) is -2.20.